The van der Waals surface area contributed by atoms with E-state index >= 15 is 4.79 Å². The molecule has 1 aromatic heterocycles. The number of aromatic nitrogens is 1. The lowest BCUT2D eigenvalue weighted by Gasteiger charge is -2.64. The molecule has 384 valence electrons. The fourth-order valence-electron chi connectivity index (χ4n) is 9.35. The smallest absolute Gasteiger partial charge is 0.456 e. The first-order valence-electron chi connectivity index (χ1n) is 23.6. The molecule has 20 nitrogen and oxygen atoms in total. The van der Waals surface area contributed by atoms with Crippen LogP contribution in [-0.4, -0.2) is 130 Å². The number of imide groups is 1. The Hall–Kier alpha value is -4.97. The number of likely N-dealkylation sites (N-methyl/N-ethyl adjacent to an activating group) is 1. The first kappa shape index (κ1) is 54.4. The van der Waals surface area contributed by atoms with E-state index in [1.807, 2.05) is 6.92 Å². The summed E-state index contributed by atoms with van der Waals surface area (Å²) in [4.78, 5) is 103. The van der Waals surface area contributed by atoms with E-state index in [-0.39, 0.29) is 77.7 Å². The van der Waals surface area contributed by atoms with E-state index in [4.69, 9.17) is 34.0 Å². The molecule has 1 aromatic carbocycles. The van der Waals surface area contributed by atoms with Crippen LogP contribution in [0.2, 0.25) is 0 Å². The van der Waals surface area contributed by atoms with Crippen LogP contribution in [0.1, 0.15) is 131 Å². The largest absolute Gasteiger partial charge is 0.514 e. The van der Waals surface area contributed by atoms with Crippen molar-refractivity contribution in [3.8, 4) is 5.75 Å². The number of esters is 1. The minimum Gasteiger partial charge on any atom is -0.456 e. The summed E-state index contributed by atoms with van der Waals surface area (Å²) in [5.74, 6) is -4.05. The molecule has 5 N–H and O–H groups in total. The van der Waals surface area contributed by atoms with E-state index < -0.39 is 83.5 Å². The molecule has 2 saturated heterocycles. The summed E-state index contributed by atoms with van der Waals surface area (Å²) in [5, 5.41) is 9.65. The molecule has 70 heavy (non-hydrogen) atoms. The van der Waals surface area contributed by atoms with Gasteiger partial charge in [0.05, 0.1) is 23.3 Å². The molecule has 3 aliphatic carbocycles. The number of urea groups is 1. The zero-order chi connectivity index (χ0) is 51.9. The second-order valence-corrected chi connectivity index (χ2v) is 23.7. The zero-order valence-corrected chi connectivity index (χ0v) is 44.0. The number of thioether (sulfide) groups is 1. The third kappa shape index (κ3) is 12.4. The highest BCUT2D eigenvalue weighted by Gasteiger charge is 2.68. The van der Waals surface area contributed by atoms with Crippen molar-refractivity contribution in [1.82, 2.24) is 25.4 Å². The fraction of sp³-hybridized carbons (Fsp3) is 0.660. The summed E-state index contributed by atoms with van der Waals surface area (Å²) >= 11 is 2.20. The SMILES string of the molecule is CCN1CCN(C(=O)NC(C(=O)NC(Cc2ccc(SCCN)c(C(=O)OC(C)(C)C)c2OC(=O)OC(C)(C)C)B2O[C@@H]3C[C@@H]4C[C@@H](C4(C)C)[C@]3(C)O2)c2csc(NC(=O)OC(C)(C)C)n2)C(=O)C1=O. The molecule has 23 heteroatoms. The lowest BCUT2D eigenvalue weighted by Crippen LogP contribution is -2.65. The van der Waals surface area contributed by atoms with E-state index in [0.717, 1.165) is 22.7 Å². The van der Waals surface area contributed by atoms with Crippen molar-refractivity contribution < 1.29 is 61.8 Å². The van der Waals surface area contributed by atoms with E-state index in [0.29, 0.717) is 23.0 Å². The van der Waals surface area contributed by atoms with Crippen LogP contribution in [0.5, 0.6) is 5.75 Å². The molecule has 6 amide bonds. The average molecular weight is 1010 g/mol. The summed E-state index contributed by atoms with van der Waals surface area (Å²) < 4.78 is 36.6. The minimum atomic E-state index is -1.65. The van der Waals surface area contributed by atoms with Crippen LogP contribution < -0.4 is 26.4 Å². The Morgan fingerprint density at radius 3 is 2.23 bits per heavy atom. The number of anilines is 1. The second-order valence-electron chi connectivity index (χ2n) is 21.7. The van der Waals surface area contributed by atoms with Gasteiger partial charge in [-0.1, -0.05) is 19.9 Å². The standard InChI is InChI=1S/C47H68BN7O13S2/c1-14-54-18-19-55(37(58)36(54)57)40(60)52-33(27-24-70-39(50-27)53-41(61)65-44(5,6)7)35(56)51-31(48-67-30-23-26-22-29(46(26,11)12)47(30,13)68-48)21-25-15-16-28(69-20-17-49)32(38(59)64-43(2,3)4)34(25)63-42(62)66-45(8,9)10/h15-16,24,26,29-31,33H,14,17-23,49H2,1-13H3,(H,51,56)(H,52,60)(H,50,53,61)/t26-,29-,30+,31?,33?,47-/m0/s1. The Morgan fingerprint density at radius 1 is 0.943 bits per heavy atom. The van der Waals surface area contributed by atoms with Gasteiger partial charge in [-0.15, -0.1) is 23.1 Å². The van der Waals surface area contributed by atoms with E-state index in [1.165, 1.54) is 22.0 Å². The molecule has 5 fully saturated rings. The van der Waals surface area contributed by atoms with Crippen LogP contribution in [0, 0.1) is 17.3 Å². The van der Waals surface area contributed by atoms with Crippen molar-refractivity contribution >= 4 is 77.3 Å². The third-order valence-electron chi connectivity index (χ3n) is 12.7. The molecule has 2 bridgehead atoms. The maximum atomic E-state index is 15.1. The molecule has 0 spiro atoms. The van der Waals surface area contributed by atoms with Gasteiger partial charge in [0.2, 0.25) is 5.91 Å². The van der Waals surface area contributed by atoms with Crippen molar-refractivity contribution in [2.45, 2.75) is 155 Å². The number of benzene rings is 1. The highest BCUT2D eigenvalue weighted by molar-refractivity contribution is 7.99. The number of nitrogens with two attached hydrogens (primary N) is 1. The van der Waals surface area contributed by atoms with Crippen LogP contribution in [0.15, 0.2) is 22.4 Å². The monoisotopic (exact) mass is 1010 g/mol. The summed E-state index contributed by atoms with van der Waals surface area (Å²) in [6, 6.07) is 0.638. The number of ether oxygens (including phenoxy) is 4. The van der Waals surface area contributed by atoms with Gasteiger partial charge in [0.25, 0.3) is 0 Å². The molecule has 7 rings (SSSR count). The van der Waals surface area contributed by atoms with Gasteiger partial charge >= 0.3 is 43.2 Å². The molecule has 3 saturated carbocycles. The lowest BCUT2D eigenvalue weighted by atomic mass is 9.43. The maximum absolute atomic E-state index is 15.1. The molecular weight excluding hydrogens is 945 g/mol. The second kappa shape index (κ2) is 20.6. The topological polar surface area (TPSA) is 256 Å². The number of rotatable bonds is 14. The summed E-state index contributed by atoms with van der Waals surface area (Å²) in [6.45, 7) is 23.7. The highest BCUT2D eigenvalue weighted by atomic mass is 32.2. The third-order valence-corrected chi connectivity index (χ3v) is 14.6. The number of carbonyl (C=O) groups is 7. The van der Waals surface area contributed by atoms with Gasteiger partial charge in [-0.2, -0.15) is 0 Å². The highest BCUT2D eigenvalue weighted by Crippen LogP contribution is 2.65. The predicted octanol–water partition coefficient (Wildman–Crippen LogP) is 6.25. The van der Waals surface area contributed by atoms with Crippen molar-refractivity contribution in [3.05, 3.63) is 34.3 Å². The molecular formula is C47H68BN7O13S2. The first-order valence-corrected chi connectivity index (χ1v) is 25.4. The summed E-state index contributed by atoms with van der Waals surface area (Å²) in [7, 11) is -1.14. The number of carbonyl (C=O) groups excluding carboxylic acids is 7. The normalized spacial score (nSPS) is 22.8. The van der Waals surface area contributed by atoms with Crippen molar-refractivity contribution in [2.24, 2.45) is 23.0 Å². The summed E-state index contributed by atoms with van der Waals surface area (Å²) in [5.41, 5.74) is 2.42. The number of nitrogens with zero attached hydrogens (tertiary/aromatic N) is 3. The molecule has 3 heterocycles. The molecule has 6 atom stereocenters. The quantitative estimate of drug-likeness (QED) is 0.0408. The van der Waals surface area contributed by atoms with Gasteiger partial charge in [0.15, 0.2) is 16.9 Å². The molecule has 2 aromatic rings. The minimum absolute atomic E-state index is 0.0305. The average Bonchev–Trinajstić information content (AvgIpc) is 3.84. The summed E-state index contributed by atoms with van der Waals surface area (Å²) in [6.07, 6.45) is -0.855. The van der Waals surface area contributed by atoms with Gasteiger partial charge < -0.3 is 49.5 Å². The number of hydrogen-bond acceptors (Lipinski definition) is 17. The Kier molecular flexibility index (Phi) is 16.0. The Bertz CT molecular complexity index is 2360. The molecule has 5 aliphatic rings. The van der Waals surface area contributed by atoms with Crippen molar-refractivity contribution in [2.75, 3.05) is 37.2 Å². The zero-order valence-electron chi connectivity index (χ0n) is 42.4. The Morgan fingerprint density at radius 2 is 1.61 bits per heavy atom. The van der Waals surface area contributed by atoms with E-state index in [9.17, 15) is 28.8 Å². The number of thiazole rings is 1. The lowest BCUT2D eigenvalue weighted by molar-refractivity contribution is -0.199. The van der Waals surface area contributed by atoms with E-state index in [1.54, 1.807) is 81.4 Å². The van der Waals surface area contributed by atoms with Crippen molar-refractivity contribution in [1.29, 1.82) is 0 Å². The molecule has 0 radical (unpaired) electrons. The Balaban J connectivity index is 1.44. The first-order chi connectivity index (χ1) is 32.4. The van der Waals surface area contributed by atoms with Crippen LogP contribution in [0.25, 0.3) is 0 Å². The number of hydrogen-bond donors (Lipinski definition) is 4. The van der Waals surface area contributed by atoms with E-state index in [2.05, 4.69) is 34.8 Å². The van der Waals surface area contributed by atoms with Gasteiger partial charge in [-0.3, -0.25) is 24.6 Å². The van der Waals surface area contributed by atoms with Crippen LogP contribution >= 0.6 is 23.1 Å². The van der Waals surface area contributed by atoms with Gasteiger partial charge in [-0.25, -0.2) is 24.2 Å². The van der Waals surface area contributed by atoms with Gasteiger partial charge in [-0.05, 0) is 124 Å². The Labute approximate surface area is 418 Å². The number of amides is 6. The molecule has 2 unspecified atom stereocenters. The van der Waals surface area contributed by atoms with Crippen LogP contribution in [-0.2, 0) is 44.3 Å². The van der Waals surface area contributed by atoms with Crippen molar-refractivity contribution in [3.63, 3.8) is 0 Å². The predicted molar refractivity (Wildman–Crippen MR) is 261 cm³/mol. The van der Waals surface area contributed by atoms with Crippen LogP contribution in [0.4, 0.5) is 19.5 Å². The van der Waals surface area contributed by atoms with Gasteiger partial charge in [0.1, 0.15) is 22.4 Å². The molecule has 2 aliphatic heterocycles. The van der Waals surface area contributed by atoms with Crippen LogP contribution in [0.3, 0.4) is 0 Å². The number of piperazine rings is 1. The number of nitrogens with one attached hydrogen (secondary N) is 3. The maximum Gasteiger partial charge on any atom is 0.514 e. The fourth-order valence-corrected chi connectivity index (χ4v) is 10.9. The van der Waals surface area contributed by atoms with Gasteiger partial charge in [0, 0.05) is 42.2 Å².